The highest BCUT2D eigenvalue weighted by atomic mass is 31.2. The largest absolute Gasteiger partial charge is 0.488 e. The van der Waals surface area contributed by atoms with Gasteiger partial charge in [0, 0.05) is 0 Å². The Morgan fingerprint density at radius 3 is 2.92 bits per heavy atom. The minimum Gasteiger partial charge on any atom is -0.350 e. The summed E-state index contributed by atoms with van der Waals surface area (Å²) in [5.41, 5.74) is 0. The van der Waals surface area contributed by atoms with Crippen molar-refractivity contribution in [3.63, 3.8) is 0 Å². The van der Waals surface area contributed by atoms with E-state index in [1.165, 1.54) is 0 Å². The Kier molecular flexibility index (Phi) is 3.81. The summed E-state index contributed by atoms with van der Waals surface area (Å²) in [4.78, 5) is 8.74. The quantitative estimate of drug-likeness (QED) is 0.490. The van der Waals surface area contributed by atoms with Crippen LogP contribution in [0.2, 0.25) is 0 Å². The van der Waals surface area contributed by atoms with Gasteiger partial charge in [-0.1, -0.05) is 0 Å². The van der Waals surface area contributed by atoms with Gasteiger partial charge in [0.1, 0.15) is 6.10 Å². The van der Waals surface area contributed by atoms with Gasteiger partial charge in [-0.25, -0.2) is 15.1 Å². The maximum atomic E-state index is 10.7. The average molecular weight is 213 g/mol. The minimum atomic E-state index is -4.10. The lowest BCUT2D eigenvalue weighted by molar-refractivity contribution is -0.0508. The molecular weight excluding hydrogens is 201 g/mol. The molecule has 0 aliphatic carbocycles. The van der Waals surface area contributed by atoms with Crippen LogP contribution >= 0.6 is 7.82 Å². The lowest BCUT2D eigenvalue weighted by atomic mass is 10.4. The summed E-state index contributed by atoms with van der Waals surface area (Å²) in [5, 5.41) is 0. The van der Waals surface area contributed by atoms with E-state index in [0.717, 1.165) is 0 Å². The van der Waals surface area contributed by atoms with E-state index in [1.807, 2.05) is 0 Å². The van der Waals surface area contributed by atoms with Crippen LogP contribution in [-0.2, 0) is 23.2 Å². The molecule has 7 nitrogen and oxygen atoms in total. The highest BCUT2D eigenvalue weighted by Gasteiger charge is 2.27. The van der Waals surface area contributed by atoms with Gasteiger partial charge in [0.25, 0.3) is 0 Å². The van der Waals surface area contributed by atoms with Gasteiger partial charge < -0.3 is 14.4 Å². The van der Waals surface area contributed by atoms with E-state index in [1.54, 1.807) is 6.92 Å². The van der Waals surface area contributed by atoms with Crippen molar-refractivity contribution in [2.45, 2.75) is 19.3 Å². The van der Waals surface area contributed by atoms with E-state index in [2.05, 4.69) is 15.0 Å². The van der Waals surface area contributed by atoms with Crippen molar-refractivity contribution in [3.05, 3.63) is 0 Å². The molecule has 3 unspecified atom stereocenters. The lowest BCUT2D eigenvalue weighted by Crippen LogP contribution is -2.18. The number of hydrogen-bond acceptors (Lipinski definition) is 6. The topological polar surface area (TPSA) is 100 Å². The van der Waals surface area contributed by atoms with Crippen molar-refractivity contribution >= 4 is 7.82 Å². The number of phosphoric acid groups is 1. The standard InChI is InChI=1S/C5H12NO6P/c1-4-9-2-5(11-4)3-10-13(7,8)12-6/h4-5H,2-3,6H2,1H3,(H,7,8). The maximum absolute atomic E-state index is 10.7. The number of rotatable bonds is 4. The molecule has 0 spiro atoms. The SMILES string of the molecule is CC1OCC(COP(=O)(O)ON)O1. The summed E-state index contributed by atoms with van der Waals surface area (Å²) in [6.07, 6.45) is -0.670. The molecule has 0 aromatic carbocycles. The third-order valence-electron chi connectivity index (χ3n) is 1.46. The number of nitrogens with two attached hydrogens (primary N) is 1. The van der Waals surface area contributed by atoms with Gasteiger partial charge in [0.05, 0.1) is 13.2 Å². The van der Waals surface area contributed by atoms with E-state index in [9.17, 15) is 4.57 Å². The zero-order chi connectivity index (χ0) is 9.90. The van der Waals surface area contributed by atoms with E-state index >= 15 is 0 Å². The predicted octanol–water partition coefficient (Wildman–Crippen LogP) is -0.245. The van der Waals surface area contributed by atoms with Crippen LogP contribution in [0.1, 0.15) is 6.92 Å². The third kappa shape index (κ3) is 3.70. The lowest BCUT2D eigenvalue weighted by Gasteiger charge is -2.11. The van der Waals surface area contributed by atoms with E-state index in [0.29, 0.717) is 6.61 Å². The molecule has 0 amide bonds. The number of phosphoric ester groups is 1. The predicted molar refractivity (Wildman–Crippen MR) is 41.3 cm³/mol. The molecule has 0 bridgehead atoms. The van der Waals surface area contributed by atoms with Crippen molar-refractivity contribution in [1.29, 1.82) is 0 Å². The Morgan fingerprint density at radius 1 is 1.77 bits per heavy atom. The average Bonchev–Trinajstić information content (AvgIpc) is 2.48. The van der Waals surface area contributed by atoms with Gasteiger partial charge in [0.2, 0.25) is 0 Å². The molecule has 8 heteroatoms. The molecular formula is C5H12NO6P. The Hall–Kier alpha value is -0.0100. The molecule has 0 aromatic heterocycles. The van der Waals surface area contributed by atoms with Gasteiger partial charge in [-0.15, -0.1) is 0 Å². The minimum absolute atomic E-state index is 0.0880. The smallest absolute Gasteiger partial charge is 0.350 e. The molecule has 3 N–H and O–H groups in total. The molecule has 0 radical (unpaired) electrons. The first-order chi connectivity index (χ1) is 6.03. The Morgan fingerprint density at radius 2 is 2.46 bits per heavy atom. The molecule has 1 aliphatic rings. The first-order valence-electron chi connectivity index (χ1n) is 3.66. The summed E-state index contributed by atoms with van der Waals surface area (Å²) in [6, 6.07) is 0. The Labute approximate surface area is 75.3 Å². The third-order valence-corrected chi connectivity index (χ3v) is 2.20. The molecule has 1 aliphatic heterocycles. The van der Waals surface area contributed by atoms with Crippen LogP contribution in [0.25, 0.3) is 0 Å². The van der Waals surface area contributed by atoms with Gasteiger partial charge in [-0.05, 0) is 6.92 Å². The van der Waals surface area contributed by atoms with Gasteiger partial charge in [0.15, 0.2) is 6.29 Å². The first kappa shape index (κ1) is 11.1. The molecule has 3 atom stereocenters. The van der Waals surface area contributed by atoms with E-state index in [4.69, 9.17) is 14.4 Å². The van der Waals surface area contributed by atoms with Crippen molar-refractivity contribution in [1.82, 2.24) is 0 Å². The summed E-state index contributed by atoms with van der Waals surface area (Å²) in [7, 11) is -4.10. The summed E-state index contributed by atoms with van der Waals surface area (Å²) in [6.45, 7) is 1.96. The summed E-state index contributed by atoms with van der Waals surface area (Å²) < 4.78 is 29.0. The van der Waals surface area contributed by atoms with Crippen LogP contribution in [0.4, 0.5) is 0 Å². The molecule has 0 aromatic rings. The second-order valence-corrected chi connectivity index (χ2v) is 3.93. The fourth-order valence-electron chi connectivity index (χ4n) is 0.888. The first-order valence-corrected chi connectivity index (χ1v) is 5.16. The van der Waals surface area contributed by atoms with Crippen LogP contribution in [-0.4, -0.2) is 30.5 Å². The molecule has 13 heavy (non-hydrogen) atoms. The van der Waals surface area contributed by atoms with Gasteiger partial charge in [-0.3, -0.25) is 4.52 Å². The van der Waals surface area contributed by atoms with Crippen molar-refractivity contribution in [3.8, 4) is 0 Å². The van der Waals surface area contributed by atoms with Crippen LogP contribution in [0.15, 0.2) is 0 Å². The van der Waals surface area contributed by atoms with Crippen LogP contribution in [0.5, 0.6) is 0 Å². The highest BCUT2D eigenvalue weighted by molar-refractivity contribution is 7.47. The maximum Gasteiger partial charge on any atom is 0.488 e. The van der Waals surface area contributed by atoms with E-state index in [-0.39, 0.29) is 19.0 Å². The fraction of sp³-hybridized carbons (Fsp3) is 1.00. The van der Waals surface area contributed by atoms with Crippen LogP contribution in [0.3, 0.4) is 0 Å². The van der Waals surface area contributed by atoms with Gasteiger partial charge >= 0.3 is 7.82 Å². The molecule has 1 rings (SSSR count). The second-order valence-electron chi connectivity index (χ2n) is 2.53. The Bertz CT molecular complexity index is 211. The summed E-state index contributed by atoms with van der Waals surface area (Å²) in [5.74, 6) is 4.51. The molecule has 78 valence electrons. The second kappa shape index (κ2) is 4.47. The highest BCUT2D eigenvalue weighted by Crippen LogP contribution is 2.41. The van der Waals surface area contributed by atoms with Crippen molar-refractivity contribution < 1.29 is 28.1 Å². The normalized spacial score (nSPS) is 33.2. The van der Waals surface area contributed by atoms with Crippen LogP contribution in [0, 0.1) is 0 Å². The fourth-order valence-corrected chi connectivity index (χ4v) is 1.30. The zero-order valence-corrected chi connectivity index (χ0v) is 7.98. The van der Waals surface area contributed by atoms with Crippen molar-refractivity contribution in [2.75, 3.05) is 13.2 Å². The number of hydrogen-bond donors (Lipinski definition) is 2. The van der Waals surface area contributed by atoms with E-state index < -0.39 is 7.82 Å². The van der Waals surface area contributed by atoms with Gasteiger partial charge in [-0.2, -0.15) is 0 Å². The molecule has 1 heterocycles. The number of ether oxygens (including phenoxy) is 2. The Balaban J connectivity index is 2.23. The van der Waals surface area contributed by atoms with Crippen LogP contribution < -0.4 is 5.90 Å². The monoisotopic (exact) mass is 213 g/mol. The molecule has 1 saturated heterocycles. The molecule has 0 saturated carbocycles. The van der Waals surface area contributed by atoms with Crippen molar-refractivity contribution in [2.24, 2.45) is 5.90 Å². The summed E-state index contributed by atoms with van der Waals surface area (Å²) >= 11 is 0. The molecule has 1 fully saturated rings. The zero-order valence-electron chi connectivity index (χ0n) is 7.08.